The molecule has 4 rings (SSSR count). The maximum absolute atomic E-state index is 4.45. The lowest BCUT2D eigenvalue weighted by atomic mass is 9.96. The van der Waals surface area contributed by atoms with Crippen LogP contribution in [0.1, 0.15) is 24.1 Å². The minimum absolute atomic E-state index is 0.600. The Morgan fingerprint density at radius 3 is 2.91 bits per heavy atom. The summed E-state index contributed by atoms with van der Waals surface area (Å²) in [7, 11) is 2.20. The summed E-state index contributed by atoms with van der Waals surface area (Å²) in [5.74, 6) is 1.06. The van der Waals surface area contributed by atoms with Crippen LogP contribution in [0.4, 0.5) is 5.82 Å². The van der Waals surface area contributed by atoms with Gasteiger partial charge in [0.1, 0.15) is 0 Å². The Bertz CT molecular complexity index is 647. The van der Waals surface area contributed by atoms with Crippen molar-refractivity contribution >= 4 is 5.82 Å². The highest BCUT2D eigenvalue weighted by molar-refractivity contribution is 5.45. The molecule has 6 nitrogen and oxygen atoms in total. The molecule has 122 valence electrons. The van der Waals surface area contributed by atoms with Gasteiger partial charge in [-0.2, -0.15) is 10.2 Å². The molecule has 1 saturated heterocycles. The molecule has 0 spiro atoms. The van der Waals surface area contributed by atoms with Crippen molar-refractivity contribution < 1.29 is 0 Å². The van der Waals surface area contributed by atoms with E-state index in [4.69, 9.17) is 0 Å². The number of aromatic nitrogens is 4. The summed E-state index contributed by atoms with van der Waals surface area (Å²) in [6.45, 7) is 4.06. The van der Waals surface area contributed by atoms with Crippen LogP contribution in [0.3, 0.4) is 0 Å². The Balaban J connectivity index is 1.30. The predicted molar refractivity (Wildman–Crippen MR) is 89.5 cm³/mol. The molecule has 0 aromatic carbocycles. The Morgan fingerprint density at radius 1 is 1.22 bits per heavy atom. The summed E-state index contributed by atoms with van der Waals surface area (Å²) in [6, 6.07) is 4.84. The monoisotopic (exact) mass is 312 g/mol. The highest BCUT2D eigenvalue weighted by Crippen LogP contribution is 2.25. The van der Waals surface area contributed by atoms with Gasteiger partial charge in [0.25, 0.3) is 0 Å². The van der Waals surface area contributed by atoms with E-state index in [-0.39, 0.29) is 0 Å². The van der Waals surface area contributed by atoms with E-state index in [9.17, 15) is 0 Å². The number of anilines is 1. The highest BCUT2D eigenvalue weighted by Gasteiger charge is 2.31. The largest absolute Gasteiger partial charge is 0.352 e. The molecule has 2 aromatic rings. The van der Waals surface area contributed by atoms with Gasteiger partial charge in [-0.3, -0.25) is 9.58 Å². The van der Waals surface area contributed by atoms with Crippen LogP contribution in [-0.4, -0.2) is 57.6 Å². The fraction of sp³-hybridized carbons (Fsp3) is 0.588. The molecule has 0 saturated carbocycles. The Hall–Kier alpha value is -1.95. The fourth-order valence-corrected chi connectivity index (χ4v) is 3.43. The minimum Gasteiger partial charge on any atom is -0.352 e. The highest BCUT2D eigenvalue weighted by atomic mass is 15.4. The lowest BCUT2D eigenvalue weighted by Crippen LogP contribution is -2.59. The molecule has 3 heterocycles. The van der Waals surface area contributed by atoms with E-state index >= 15 is 0 Å². The van der Waals surface area contributed by atoms with Gasteiger partial charge in [-0.15, -0.1) is 5.10 Å². The second-order valence-corrected chi connectivity index (χ2v) is 6.69. The van der Waals surface area contributed by atoms with Gasteiger partial charge in [0, 0.05) is 38.1 Å². The third-order valence-corrected chi connectivity index (χ3v) is 5.11. The third-order valence-electron chi connectivity index (χ3n) is 5.11. The molecule has 1 aliphatic heterocycles. The van der Waals surface area contributed by atoms with Crippen LogP contribution in [0.25, 0.3) is 0 Å². The van der Waals surface area contributed by atoms with Gasteiger partial charge in [-0.1, -0.05) is 0 Å². The smallest absolute Gasteiger partial charge is 0.151 e. The Kier molecular flexibility index (Phi) is 3.99. The first-order valence-electron chi connectivity index (χ1n) is 8.58. The Morgan fingerprint density at radius 2 is 2.09 bits per heavy atom. The van der Waals surface area contributed by atoms with E-state index < -0.39 is 0 Å². The van der Waals surface area contributed by atoms with E-state index in [1.165, 1.54) is 30.5 Å². The fourth-order valence-electron chi connectivity index (χ4n) is 3.43. The average molecular weight is 312 g/mol. The molecule has 1 aliphatic carbocycles. The lowest BCUT2D eigenvalue weighted by Gasteiger charge is -2.44. The molecule has 0 unspecified atom stereocenters. The van der Waals surface area contributed by atoms with E-state index in [2.05, 4.69) is 38.2 Å². The maximum Gasteiger partial charge on any atom is 0.151 e. The van der Waals surface area contributed by atoms with Crippen molar-refractivity contribution in [3.63, 3.8) is 0 Å². The average Bonchev–Trinajstić information content (AvgIpc) is 3.05. The molecule has 0 radical (unpaired) electrons. The minimum atomic E-state index is 0.600. The van der Waals surface area contributed by atoms with E-state index in [0.717, 1.165) is 38.4 Å². The summed E-state index contributed by atoms with van der Waals surface area (Å²) in [5, 5.41) is 13.1. The summed E-state index contributed by atoms with van der Waals surface area (Å²) >= 11 is 0. The zero-order valence-electron chi connectivity index (χ0n) is 13.7. The second-order valence-electron chi connectivity index (χ2n) is 6.69. The molecule has 0 amide bonds. The SMILES string of the molecule is CN(CCn1cccn1)C1CN(c2cc3c(nn2)CCCC3)C1. The molecular weight excluding hydrogens is 288 g/mol. The molecule has 6 heteroatoms. The molecule has 2 aliphatic rings. The van der Waals surface area contributed by atoms with Crippen molar-refractivity contribution in [2.24, 2.45) is 0 Å². The van der Waals surface area contributed by atoms with E-state index in [0.29, 0.717) is 6.04 Å². The van der Waals surface area contributed by atoms with Crippen LogP contribution >= 0.6 is 0 Å². The van der Waals surface area contributed by atoms with E-state index in [1.54, 1.807) is 0 Å². The van der Waals surface area contributed by atoms with Gasteiger partial charge in [0.2, 0.25) is 0 Å². The van der Waals surface area contributed by atoms with Crippen LogP contribution in [0, 0.1) is 0 Å². The Labute approximate surface area is 137 Å². The topological polar surface area (TPSA) is 50.1 Å². The first-order valence-corrected chi connectivity index (χ1v) is 8.58. The van der Waals surface area contributed by atoms with Crippen molar-refractivity contribution in [2.45, 2.75) is 38.3 Å². The van der Waals surface area contributed by atoms with E-state index in [1.807, 2.05) is 23.1 Å². The van der Waals surface area contributed by atoms with Gasteiger partial charge in [-0.25, -0.2) is 0 Å². The number of likely N-dealkylation sites (N-methyl/N-ethyl adjacent to an activating group) is 1. The second kappa shape index (κ2) is 6.28. The summed E-state index contributed by atoms with van der Waals surface area (Å²) in [4.78, 5) is 4.76. The van der Waals surface area contributed by atoms with Gasteiger partial charge in [0.15, 0.2) is 5.82 Å². The van der Waals surface area contributed by atoms with Crippen LogP contribution in [0.15, 0.2) is 24.5 Å². The lowest BCUT2D eigenvalue weighted by molar-refractivity contribution is 0.195. The predicted octanol–water partition coefficient (Wildman–Crippen LogP) is 1.37. The first-order chi connectivity index (χ1) is 11.3. The summed E-state index contributed by atoms with van der Waals surface area (Å²) < 4.78 is 1.99. The maximum atomic E-state index is 4.45. The van der Waals surface area contributed by atoms with Crippen molar-refractivity contribution in [3.05, 3.63) is 35.8 Å². The zero-order valence-corrected chi connectivity index (χ0v) is 13.7. The van der Waals surface area contributed by atoms with Gasteiger partial charge >= 0.3 is 0 Å². The van der Waals surface area contributed by atoms with Crippen molar-refractivity contribution in [2.75, 3.05) is 31.6 Å². The number of hydrogen-bond acceptors (Lipinski definition) is 5. The third kappa shape index (κ3) is 3.08. The zero-order chi connectivity index (χ0) is 15.6. The van der Waals surface area contributed by atoms with Gasteiger partial charge in [0.05, 0.1) is 12.2 Å². The number of hydrogen-bond donors (Lipinski definition) is 0. The normalized spacial score (nSPS) is 18.1. The van der Waals surface area contributed by atoms with Crippen molar-refractivity contribution in [3.8, 4) is 0 Å². The molecular formula is C17H24N6. The van der Waals surface area contributed by atoms with Gasteiger partial charge in [-0.05, 0) is 50.4 Å². The standard InChI is InChI=1S/C17H24N6/c1-21(9-10-23-8-4-7-18-23)15-12-22(13-15)17-11-14-5-2-3-6-16(14)19-20-17/h4,7-8,11,15H,2-3,5-6,9-10,12-13H2,1H3. The molecule has 0 atom stereocenters. The first kappa shape index (κ1) is 14.6. The number of aryl methyl sites for hydroxylation is 2. The molecule has 1 fully saturated rings. The van der Waals surface area contributed by atoms with Crippen molar-refractivity contribution in [1.82, 2.24) is 24.9 Å². The number of rotatable bonds is 5. The van der Waals surface area contributed by atoms with Crippen LogP contribution in [0.2, 0.25) is 0 Å². The summed E-state index contributed by atoms with van der Waals surface area (Å²) in [5.41, 5.74) is 2.63. The van der Waals surface area contributed by atoms with Crippen LogP contribution in [-0.2, 0) is 19.4 Å². The van der Waals surface area contributed by atoms with Crippen molar-refractivity contribution in [1.29, 1.82) is 0 Å². The molecule has 23 heavy (non-hydrogen) atoms. The number of fused-ring (bicyclic) bond motifs is 1. The van der Waals surface area contributed by atoms with Crippen LogP contribution < -0.4 is 4.90 Å². The quantitative estimate of drug-likeness (QED) is 0.835. The number of nitrogens with zero attached hydrogens (tertiary/aromatic N) is 6. The molecule has 0 bridgehead atoms. The summed E-state index contributed by atoms with van der Waals surface area (Å²) in [6.07, 6.45) is 8.66. The van der Waals surface area contributed by atoms with Crippen LogP contribution in [0.5, 0.6) is 0 Å². The molecule has 0 N–H and O–H groups in total. The molecule has 2 aromatic heterocycles. The van der Waals surface area contributed by atoms with Gasteiger partial charge < -0.3 is 4.90 Å².